The fourth-order valence-electron chi connectivity index (χ4n) is 3.19. The molecular weight excluding hydrogens is 420 g/mol. The van der Waals surface area contributed by atoms with Crippen LogP contribution in [0.5, 0.6) is 0 Å². The molecule has 3 aromatic heterocycles. The zero-order chi connectivity index (χ0) is 22.0. The summed E-state index contributed by atoms with van der Waals surface area (Å²) in [7, 11) is 0. The van der Waals surface area contributed by atoms with Gasteiger partial charge in [-0.05, 0) is 23.1 Å². The Hall–Kier alpha value is -2.94. The van der Waals surface area contributed by atoms with Crippen LogP contribution in [-0.4, -0.2) is 24.3 Å². The Balaban J connectivity index is 1.64. The van der Waals surface area contributed by atoms with Crippen molar-refractivity contribution in [3.05, 3.63) is 72.2 Å². The highest BCUT2D eigenvalue weighted by atomic mass is 32.2. The maximum absolute atomic E-state index is 13.1. The predicted octanol–water partition coefficient (Wildman–Crippen LogP) is 5.77. The number of hydrogen-bond donors (Lipinski definition) is 0. The molecule has 0 unspecified atom stereocenters. The van der Waals surface area contributed by atoms with Crippen LogP contribution in [0.15, 0.2) is 64.6 Å². The minimum atomic E-state index is -2.63. The summed E-state index contributed by atoms with van der Waals surface area (Å²) in [5.41, 5.74) is 2.20. The second-order valence-electron chi connectivity index (χ2n) is 8.12. The lowest BCUT2D eigenvalue weighted by Crippen LogP contribution is -2.10. The number of benzene rings is 1. The summed E-state index contributed by atoms with van der Waals surface area (Å²) in [6, 6.07) is 11.9. The van der Waals surface area contributed by atoms with Gasteiger partial charge in [-0.2, -0.15) is 8.78 Å². The van der Waals surface area contributed by atoms with E-state index in [4.69, 9.17) is 4.42 Å². The Labute approximate surface area is 183 Å². The minimum absolute atomic E-state index is 0.0496. The number of thioether (sulfide) groups is 1. The number of imidazole rings is 1. The van der Waals surface area contributed by atoms with E-state index in [9.17, 15) is 8.78 Å². The lowest BCUT2D eigenvalue weighted by molar-refractivity contribution is 0.0678. The summed E-state index contributed by atoms with van der Waals surface area (Å²) < 4.78 is 34.6. The Bertz CT molecular complexity index is 1130. The van der Waals surface area contributed by atoms with Crippen LogP contribution in [0, 0.1) is 0 Å². The molecule has 0 spiro atoms. The topological polar surface area (TPSA) is 61.7 Å². The van der Waals surface area contributed by atoms with Crippen LogP contribution in [0.2, 0.25) is 0 Å². The largest absolute Gasteiger partial charge is 0.467 e. The summed E-state index contributed by atoms with van der Waals surface area (Å²) in [5, 5.41) is 9.33. The highest BCUT2D eigenvalue weighted by Crippen LogP contribution is 2.30. The van der Waals surface area contributed by atoms with E-state index < -0.39 is 6.55 Å². The van der Waals surface area contributed by atoms with Gasteiger partial charge < -0.3 is 4.42 Å². The maximum atomic E-state index is 13.1. The fraction of sp³-hybridized carbons (Fsp3) is 0.318. The monoisotopic (exact) mass is 443 g/mol. The van der Waals surface area contributed by atoms with Crippen molar-refractivity contribution < 1.29 is 13.2 Å². The molecular formula is C22H23F2N5OS. The number of furan rings is 1. The van der Waals surface area contributed by atoms with E-state index in [0.717, 1.165) is 15.9 Å². The van der Waals surface area contributed by atoms with Gasteiger partial charge in [0.2, 0.25) is 0 Å². The summed E-state index contributed by atoms with van der Waals surface area (Å²) in [6.45, 7) is 4.30. The number of rotatable bonds is 7. The van der Waals surface area contributed by atoms with Crippen LogP contribution in [0.3, 0.4) is 0 Å². The quantitative estimate of drug-likeness (QED) is 0.340. The normalized spacial score (nSPS) is 12.1. The average molecular weight is 444 g/mol. The highest BCUT2D eigenvalue weighted by molar-refractivity contribution is 7.98. The Kier molecular flexibility index (Phi) is 5.95. The standard InChI is InChI=1S/C22H23F2N5OS/c1-22(2,3)16-8-6-15(7-9-16)19-26-27-21(29(19)13-17-5-4-12-30-17)31-14-18-25-10-11-28(18)20(23)24/h4-12,20H,13-14H2,1-3H3. The van der Waals surface area contributed by atoms with Crippen LogP contribution in [0.1, 0.15) is 44.5 Å². The van der Waals surface area contributed by atoms with Crippen molar-refractivity contribution >= 4 is 11.8 Å². The van der Waals surface area contributed by atoms with Gasteiger partial charge in [-0.1, -0.05) is 56.8 Å². The molecule has 6 nitrogen and oxygen atoms in total. The van der Waals surface area contributed by atoms with Crippen molar-refractivity contribution in [2.75, 3.05) is 0 Å². The van der Waals surface area contributed by atoms with E-state index in [1.54, 1.807) is 6.26 Å². The van der Waals surface area contributed by atoms with E-state index in [-0.39, 0.29) is 17.0 Å². The summed E-state index contributed by atoms with van der Waals surface area (Å²) >= 11 is 1.31. The molecule has 0 aliphatic carbocycles. The van der Waals surface area contributed by atoms with Crippen LogP contribution in [-0.2, 0) is 17.7 Å². The van der Waals surface area contributed by atoms with Gasteiger partial charge in [0, 0.05) is 18.0 Å². The first-order valence-corrected chi connectivity index (χ1v) is 10.8. The zero-order valence-electron chi connectivity index (χ0n) is 17.5. The molecule has 0 saturated carbocycles. The Morgan fingerprint density at radius 1 is 1.10 bits per heavy atom. The molecule has 0 N–H and O–H groups in total. The van der Waals surface area contributed by atoms with E-state index in [1.165, 1.54) is 29.7 Å². The van der Waals surface area contributed by atoms with Crippen LogP contribution in [0.4, 0.5) is 8.78 Å². The van der Waals surface area contributed by atoms with E-state index in [2.05, 4.69) is 48.1 Å². The van der Waals surface area contributed by atoms with Gasteiger partial charge in [0.15, 0.2) is 11.0 Å². The molecule has 0 radical (unpaired) electrons. The van der Waals surface area contributed by atoms with Gasteiger partial charge >= 0.3 is 6.55 Å². The third-order valence-electron chi connectivity index (χ3n) is 4.91. The number of alkyl halides is 2. The highest BCUT2D eigenvalue weighted by Gasteiger charge is 2.19. The van der Waals surface area contributed by atoms with Gasteiger partial charge in [-0.15, -0.1) is 10.2 Å². The molecule has 0 amide bonds. The molecule has 0 saturated heterocycles. The molecule has 0 aliphatic heterocycles. The molecule has 0 bridgehead atoms. The molecule has 9 heteroatoms. The van der Waals surface area contributed by atoms with Gasteiger partial charge in [-0.3, -0.25) is 9.13 Å². The molecule has 0 aliphatic rings. The van der Waals surface area contributed by atoms with E-state index in [0.29, 0.717) is 17.5 Å². The fourth-order valence-corrected chi connectivity index (χ4v) is 4.08. The van der Waals surface area contributed by atoms with E-state index >= 15 is 0 Å². The molecule has 3 heterocycles. The Morgan fingerprint density at radius 3 is 2.52 bits per heavy atom. The van der Waals surface area contributed by atoms with Gasteiger partial charge in [0.1, 0.15) is 11.6 Å². The first-order chi connectivity index (χ1) is 14.8. The summed E-state index contributed by atoms with van der Waals surface area (Å²) in [5.74, 6) is 1.97. The molecule has 31 heavy (non-hydrogen) atoms. The number of halogens is 2. The van der Waals surface area contributed by atoms with Crippen molar-refractivity contribution in [2.45, 2.75) is 50.2 Å². The van der Waals surface area contributed by atoms with Crippen molar-refractivity contribution in [1.29, 1.82) is 0 Å². The lowest BCUT2D eigenvalue weighted by Gasteiger charge is -2.19. The number of hydrogen-bond acceptors (Lipinski definition) is 5. The average Bonchev–Trinajstić information content (AvgIpc) is 3.47. The Morgan fingerprint density at radius 2 is 1.87 bits per heavy atom. The first kappa shape index (κ1) is 21.3. The van der Waals surface area contributed by atoms with Crippen LogP contribution in [0.25, 0.3) is 11.4 Å². The SMILES string of the molecule is CC(C)(C)c1ccc(-c2nnc(SCc3nccn3C(F)F)n2Cc2ccco2)cc1. The van der Waals surface area contributed by atoms with Crippen LogP contribution >= 0.6 is 11.8 Å². The van der Waals surface area contributed by atoms with Crippen molar-refractivity contribution in [1.82, 2.24) is 24.3 Å². The van der Waals surface area contributed by atoms with Crippen molar-refractivity contribution in [2.24, 2.45) is 0 Å². The molecule has 4 aromatic rings. The third kappa shape index (κ3) is 4.71. The van der Waals surface area contributed by atoms with Crippen LogP contribution < -0.4 is 0 Å². The number of aromatic nitrogens is 5. The summed E-state index contributed by atoms with van der Waals surface area (Å²) in [6.07, 6.45) is 4.26. The third-order valence-corrected chi connectivity index (χ3v) is 5.87. The number of nitrogens with zero attached hydrogens (tertiary/aromatic N) is 5. The first-order valence-electron chi connectivity index (χ1n) is 9.82. The van der Waals surface area contributed by atoms with Crippen molar-refractivity contribution in [3.8, 4) is 11.4 Å². The molecule has 0 fully saturated rings. The second kappa shape index (κ2) is 8.66. The smallest absolute Gasteiger partial charge is 0.319 e. The predicted molar refractivity (Wildman–Crippen MR) is 115 cm³/mol. The molecule has 162 valence electrons. The van der Waals surface area contributed by atoms with Gasteiger partial charge in [0.05, 0.1) is 18.6 Å². The summed E-state index contributed by atoms with van der Waals surface area (Å²) in [4.78, 5) is 4.04. The molecule has 4 rings (SSSR count). The van der Waals surface area contributed by atoms with E-state index in [1.807, 2.05) is 28.8 Å². The molecule has 1 aromatic carbocycles. The van der Waals surface area contributed by atoms with Gasteiger partial charge in [-0.25, -0.2) is 4.98 Å². The zero-order valence-corrected chi connectivity index (χ0v) is 18.3. The molecule has 0 atom stereocenters. The minimum Gasteiger partial charge on any atom is -0.467 e. The van der Waals surface area contributed by atoms with Crippen molar-refractivity contribution in [3.63, 3.8) is 0 Å². The van der Waals surface area contributed by atoms with Gasteiger partial charge in [0.25, 0.3) is 0 Å². The lowest BCUT2D eigenvalue weighted by atomic mass is 9.87. The maximum Gasteiger partial charge on any atom is 0.319 e. The second-order valence-corrected chi connectivity index (χ2v) is 9.06.